The molecule has 31 heavy (non-hydrogen) atoms. The minimum atomic E-state index is -1.38. The minimum Gasteiger partial charge on any atom is -0.459 e. The Morgan fingerprint density at radius 1 is 1.26 bits per heavy atom. The summed E-state index contributed by atoms with van der Waals surface area (Å²) in [5.41, 5.74) is 10.0. The van der Waals surface area contributed by atoms with Crippen LogP contribution in [0.25, 0.3) is 0 Å². The number of hydrogen-bond acceptors (Lipinski definition) is 7. The maximum atomic E-state index is 12.9. The van der Waals surface area contributed by atoms with Gasteiger partial charge in [0, 0.05) is 12.1 Å². The first-order valence-electron chi connectivity index (χ1n) is 9.59. The lowest BCUT2D eigenvalue weighted by atomic mass is 9.91. The molecule has 1 aromatic rings. The third-order valence-electron chi connectivity index (χ3n) is 4.58. The monoisotopic (exact) mass is 432 g/mol. The number of ether oxygens (including phenoxy) is 1. The number of carbonyl (C=O) groups excluding carboxylic acids is 4. The Morgan fingerprint density at radius 2 is 1.84 bits per heavy atom. The van der Waals surface area contributed by atoms with Gasteiger partial charge in [0.15, 0.2) is 0 Å². The smallest absolute Gasteiger partial charge is 0.325 e. The molecule has 1 fully saturated rings. The Morgan fingerprint density at radius 3 is 2.35 bits per heavy atom. The van der Waals surface area contributed by atoms with Crippen molar-refractivity contribution in [2.45, 2.75) is 44.9 Å². The second kappa shape index (κ2) is 8.72. The Hall–Kier alpha value is -3.47. The van der Waals surface area contributed by atoms with Crippen LogP contribution in [0.4, 0.5) is 4.79 Å². The van der Waals surface area contributed by atoms with Gasteiger partial charge in [-0.15, -0.1) is 0 Å². The van der Waals surface area contributed by atoms with Crippen LogP contribution in [-0.4, -0.2) is 59.3 Å². The summed E-state index contributed by atoms with van der Waals surface area (Å²) in [4.78, 5) is 50.1. The first kappa shape index (κ1) is 23.8. The molecule has 1 aliphatic rings. The molecule has 0 saturated carbocycles. The molecule has 168 valence electrons. The quantitative estimate of drug-likeness (QED) is 0.167. The number of nitrogens with two attached hydrogens (primary N) is 2. The summed E-state index contributed by atoms with van der Waals surface area (Å²) in [7, 11) is 0. The molecular weight excluding hydrogens is 404 g/mol. The summed E-state index contributed by atoms with van der Waals surface area (Å²) in [5, 5.41) is 12.4. The number of nitrogens with zero attached hydrogens (tertiary/aromatic N) is 1. The molecule has 11 heteroatoms. The van der Waals surface area contributed by atoms with Crippen LogP contribution in [0.3, 0.4) is 0 Å². The molecule has 1 aliphatic heterocycles. The summed E-state index contributed by atoms with van der Waals surface area (Å²) in [6.45, 7) is 5.86. The summed E-state index contributed by atoms with van der Waals surface area (Å²) in [5.74, 6) is -2.07. The van der Waals surface area contributed by atoms with E-state index in [0.717, 1.165) is 4.90 Å². The maximum absolute atomic E-state index is 12.9. The van der Waals surface area contributed by atoms with Gasteiger partial charge in [0.1, 0.15) is 29.6 Å². The number of amidine groups is 1. The summed E-state index contributed by atoms with van der Waals surface area (Å²) in [6, 6.07) is 4.48. The Balaban J connectivity index is 2.00. The molecule has 0 bridgehead atoms. The van der Waals surface area contributed by atoms with Crippen LogP contribution in [0, 0.1) is 5.41 Å². The van der Waals surface area contributed by atoms with Crippen molar-refractivity contribution in [3.8, 4) is 0 Å². The second-order valence-electron chi connectivity index (χ2n) is 8.38. The second-order valence-corrected chi connectivity index (χ2v) is 8.38. The average molecular weight is 432 g/mol. The van der Waals surface area contributed by atoms with E-state index in [-0.39, 0.29) is 12.4 Å². The lowest BCUT2D eigenvalue weighted by Crippen LogP contribution is -2.48. The highest BCUT2D eigenvalue weighted by atomic mass is 16.6. The number of nitrogens with one attached hydrogen (secondary N) is 3. The van der Waals surface area contributed by atoms with Crippen LogP contribution in [-0.2, 0) is 24.7 Å². The van der Waals surface area contributed by atoms with Crippen molar-refractivity contribution < 1.29 is 23.9 Å². The van der Waals surface area contributed by atoms with Crippen LogP contribution < -0.4 is 22.1 Å². The topological polar surface area (TPSA) is 181 Å². The van der Waals surface area contributed by atoms with Crippen LogP contribution in [0.1, 0.15) is 38.8 Å². The van der Waals surface area contributed by atoms with Crippen molar-refractivity contribution in [3.05, 3.63) is 35.4 Å². The van der Waals surface area contributed by atoms with E-state index in [1.807, 2.05) is 0 Å². The molecule has 2 atom stereocenters. The highest BCUT2D eigenvalue weighted by Gasteiger charge is 2.49. The fraction of sp³-hybridized carbons (Fsp3) is 0.450. The van der Waals surface area contributed by atoms with Crippen molar-refractivity contribution in [2.24, 2.45) is 11.5 Å². The van der Waals surface area contributed by atoms with Gasteiger partial charge in [-0.05, 0) is 33.3 Å². The number of imide groups is 1. The van der Waals surface area contributed by atoms with Gasteiger partial charge in [-0.2, -0.15) is 0 Å². The molecule has 7 N–H and O–H groups in total. The zero-order valence-corrected chi connectivity index (χ0v) is 17.9. The molecule has 0 aliphatic carbocycles. The van der Waals surface area contributed by atoms with Crippen molar-refractivity contribution in [1.29, 1.82) is 5.41 Å². The highest BCUT2D eigenvalue weighted by molar-refractivity contribution is 6.09. The van der Waals surface area contributed by atoms with Gasteiger partial charge >= 0.3 is 12.0 Å². The van der Waals surface area contributed by atoms with Crippen molar-refractivity contribution in [3.63, 3.8) is 0 Å². The number of nitrogen functional groups attached to an aromatic ring is 1. The molecule has 1 heterocycles. The first-order chi connectivity index (χ1) is 14.2. The number of esters is 1. The normalized spacial score (nSPS) is 19.6. The third-order valence-corrected chi connectivity index (χ3v) is 4.58. The average Bonchev–Trinajstić information content (AvgIpc) is 2.88. The summed E-state index contributed by atoms with van der Waals surface area (Å²) in [6.07, 6.45) is 0. The molecule has 0 radical (unpaired) electrons. The molecule has 0 spiro atoms. The van der Waals surface area contributed by atoms with Crippen molar-refractivity contribution in [2.75, 3.05) is 13.1 Å². The lowest BCUT2D eigenvalue weighted by Gasteiger charge is -2.23. The highest BCUT2D eigenvalue weighted by Crippen LogP contribution is 2.28. The number of hydrogen-bond donors (Lipinski definition) is 5. The van der Waals surface area contributed by atoms with Gasteiger partial charge in [-0.1, -0.05) is 24.3 Å². The molecule has 1 aromatic carbocycles. The summed E-state index contributed by atoms with van der Waals surface area (Å²) >= 11 is 0. The zero-order valence-electron chi connectivity index (χ0n) is 17.9. The standard InChI is InChI=1S/C20H28N6O5/c1-19(2,3)31-16(28)13(21)9-24-14(27)10-26-17(29)20(4,25-18(26)30)12-7-5-11(6-8-12)15(22)23/h5-8,13H,9-10,21H2,1-4H3,(H3,22,23)(H,24,27)(H,25,30)/t13?,20-/m0/s1. The number of urea groups is 1. The first-order valence-corrected chi connectivity index (χ1v) is 9.59. The molecule has 1 unspecified atom stereocenters. The molecule has 4 amide bonds. The SMILES string of the molecule is CC(C)(C)OC(=O)C(N)CNC(=O)CN1C(=O)N[C@@](C)(c2ccc(C(=N)N)cc2)C1=O. The third kappa shape index (κ3) is 5.57. The van der Waals surface area contributed by atoms with Crippen LogP contribution in [0.15, 0.2) is 24.3 Å². The van der Waals surface area contributed by atoms with E-state index in [1.165, 1.54) is 6.92 Å². The van der Waals surface area contributed by atoms with Gasteiger partial charge in [-0.3, -0.25) is 24.7 Å². The van der Waals surface area contributed by atoms with E-state index in [9.17, 15) is 19.2 Å². The van der Waals surface area contributed by atoms with Crippen molar-refractivity contribution in [1.82, 2.24) is 15.5 Å². The van der Waals surface area contributed by atoms with Crippen LogP contribution in [0.2, 0.25) is 0 Å². The molecule has 1 saturated heterocycles. The molecule has 11 nitrogen and oxygen atoms in total. The van der Waals surface area contributed by atoms with Crippen molar-refractivity contribution >= 4 is 29.7 Å². The van der Waals surface area contributed by atoms with Gasteiger partial charge in [0.2, 0.25) is 5.91 Å². The Bertz CT molecular complexity index is 908. The fourth-order valence-corrected chi connectivity index (χ4v) is 2.90. The van der Waals surface area contributed by atoms with Crippen LogP contribution in [0.5, 0.6) is 0 Å². The maximum Gasteiger partial charge on any atom is 0.325 e. The van der Waals surface area contributed by atoms with Crippen LogP contribution >= 0.6 is 0 Å². The number of amides is 4. The van der Waals surface area contributed by atoms with Gasteiger partial charge < -0.3 is 26.8 Å². The molecule has 2 rings (SSSR count). The van der Waals surface area contributed by atoms with E-state index in [0.29, 0.717) is 11.1 Å². The number of rotatable bonds is 7. The Kier molecular flexibility index (Phi) is 6.70. The van der Waals surface area contributed by atoms with Gasteiger partial charge in [0.05, 0.1) is 0 Å². The Labute approximate surface area is 180 Å². The predicted molar refractivity (Wildman–Crippen MR) is 112 cm³/mol. The molecule has 0 aromatic heterocycles. The largest absolute Gasteiger partial charge is 0.459 e. The lowest BCUT2D eigenvalue weighted by molar-refractivity contribution is -0.156. The predicted octanol–water partition coefficient (Wildman–Crippen LogP) is -0.477. The molecular formula is C20H28N6O5. The fourth-order valence-electron chi connectivity index (χ4n) is 2.90. The number of benzene rings is 1. The summed E-state index contributed by atoms with van der Waals surface area (Å²) < 4.78 is 5.13. The van der Waals surface area contributed by atoms with E-state index in [2.05, 4.69) is 10.6 Å². The van der Waals surface area contributed by atoms with E-state index >= 15 is 0 Å². The zero-order chi connectivity index (χ0) is 23.6. The van der Waals surface area contributed by atoms with E-state index in [4.69, 9.17) is 21.6 Å². The number of carbonyl (C=O) groups is 4. The van der Waals surface area contributed by atoms with E-state index in [1.54, 1.807) is 45.0 Å². The van der Waals surface area contributed by atoms with E-state index < -0.39 is 47.5 Å². The minimum absolute atomic E-state index is 0.124. The van der Waals surface area contributed by atoms with Gasteiger partial charge in [-0.25, -0.2) is 4.79 Å². The van der Waals surface area contributed by atoms with Gasteiger partial charge in [0.25, 0.3) is 5.91 Å².